The van der Waals surface area contributed by atoms with Crippen molar-refractivity contribution in [2.24, 2.45) is 5.10 Å². The van der Waals surface area contributed by atoms with Crippen LogP contribution >= 0.6 is 12.2 Å². The van der Waals surface area contributed by atoms with Gasteiger partial charge in [-0.1, -0.05) is 12.1 Å². The lowest BCUT2D eigenvalue weighted by Crippen LogP contribution is -2.37. The van der Waals surface area contributed by atoms with E-state index in [1.54, 1.807) is 31.0 Å². The first-order chi connectivity index (χ1) is 13.2. The van der Waals surface area contributed by atoms with Crippen LogP contribution in [0.2, 0.25) is 0 Å². The molecule has 0 unspecified atom stereocenters. The molecule has 0 spiro atoms. The van der Waals surface area contributed by atoms with Gasteiger partial charge in [-0.2, -0.15) is 5.10 Å². The number of nitrogens with one attached hydrogen (secondary N) is 1. The maximum absolute atomic E-state index is 5.56. The molecule has 0 aliphatic carbocycles. The van der Waals surface area contributed by atoms with Crippen molar-refractivity contribution >= 4 is 23.0 Å². The Morgan fingerprint density at radius 2 is 1.63 bits per heavy atom. The molecular weight excluding hydrogens is 358 g/mol. The van der Waals surface area contributed by atoms with Crippen molar-refractivity contribution < 1.29 is 0 Å². The van der Waals surface area contributed by atoms with Crippen LogP contribution < -0.4 is 5.43 Å². The Bertz CT molecular complexity index is 844. The monoisotopic (exact) mass is 377 g/mol. The van der Waals surface area contributed by atoms with Crippen molar-refractivity contribution in [3.05, 3.63) is 84.5 Å². The third kappa shape index (κ3) is 5.61. The fourth-order valence-corrected chi connectivity index (χ4v) is 2.49. The van der Waals surface area contributed by atoms with Gasteiger partial charge >= 0.3 is 0 Å². The summed E-state index contributed by atoms with van der Waals surface area (Å²) >= 11 is 5.56. The SMILES string of the molecule is C/C(=N/NC(=S)N(Cc1ccccn1)Cc1ccccn1)c1cnccn1. The van der Waals surface area contributed by atoms with E-state index < -0.39 is 0 Å². The van der Waals surface area contributed by atoms with Crippen LogP contribution in [0.25, 0.3) is 0 Å². The molecule has 1 N–H and O–H groups in total. The van der Waals surface area contributed by atoms with E-state index in [0.29, 0.717) is 29.6 Å². The molecule has 0 amide bonds. The maximum atomic E-state index is 5.56. The van der Waals surface area contributed by atoms with Crippen molar-refractivity contribution in [1.82, 2.24) is 30.3 Å². The highest BCUT2D eigenvalue weighted by atomic mass is 32.1. The molecule has 0 fully saturated rings. The molecule has 136 valence electrons. The third-order valence-corrected chi connectivity index (χ3v) is 4.05. The zero-order chi connectivity index (χ0) is 18.9. The van der Waals surface area contributed by atoms with Gasteiger partial charge < -0.3 is 4.90 Å². The molecule has 0 aliphatic rings. The molecule has 0 aromatic carbocycles. The Labute approximate surface area is 163 Å². The first-order valence-electron chi connectivity index (χ1n) is 8.38. The summed E-state index contributed by atoms with van der Waals surface area (Å²) in [5, 5.41) is 4.82. The molecule has 0 atom stereocenters. The van der Waals surface area contributed by atoms with E-state index >= 15 is 0 Å². The van der Waals surface area contributed by atoms with E-state index in [4.69, 9.17) is 12.2 Å². The molecule has 0 radical (unpaired) electrons. The first kappa shape index (κ1) is 18.5. The second-order valence-corrected chi connectivity index (χ2v) is 6.09. The van der Waals surface area contributed by atoms with Gasteiger partial charge in [0.05, 0.1) is 36.4 Å². The van der Waals surface area contributed by atoms with Gasteiger partial charge in [0, 0.05) is 24.8 Å². The summed E-state index contributed by atoms with van der Waals surface area (Å²) in [6.45, 7) is 2.94. The summed E-state index contributed by atoms with van der Waals surface area (Å²) in [5.41, 5.74) is 6.15. The average molecular weight is 377 g/mol. The summed E-state index contributed by atoms with van der Waals surface area (Å²) in [5.74, 6) is 0. The molecule has 0 saturated carbocycles. The van der Waals surface area contributed by atoms with Gasteiger partial charge in [-0.3, -0.25) is 25.4 Å². The Hall–Kier alpha value is -3.26. The van der Waals surface area contributed by atoms with Crippen LogP contribution in [0.1, 0.15) is 24.0 Å². The van der Waals surface area contributed by atoms with Gasteiger partial charge in [-0.25, -0.2) is 0 Å². The second kappa shape index (κ2) is 9.44. The average Bonchev–Trinajstić information content (AvgIpc) is 2.73. The van der Waals surface area contributed by atoms with E-state index in [9.17, 15) is 0 Å². The first-order valence-corrected chi connectivity index (χ1v) is 8.78. The highest BCUT2D eigenvalue weighted by molar-refractivity contribution is 7.80. The van der Waals surface area contributed by atoms with Gasteiger partial charge in [0.25, 0.3) is 0 Å². The number of nitrogens with zero attached hydrogens (tertiary/aromatic N) is 6. The number of thiocarbonyl (C=S) groups is 1. The van der Waals surface area contributed by atoms with Gasteiger partial charge in [0.2, 0.25) is 0 Å². The third-order valence-electron chi connectivity index (χ3n) is 3.70. The summed E-state index contributed by atoms with van der Waals surface area (Å²) in [4.78, 5) is 19.0. The number of aromatic nitrogens is 4. The summed E-state index contributed by atoms with van der Waals surface area (Å²) < 4.78 is 0. The molecule has 0 saturated heterocycles. The van der Waals surface area contributed by atoms with Crippen molar-refractivity contribution in [3.8, 4) is 0 Å². The minimum atomic E-state index is 0.481. The summed E-state index contributed by atoms with van der Waals surface area (Å²) in [6.07, 6.45) is 8.43. The number of rotatable bonds is 6. The second-order valence-electron chi connectivity index (χ2n) is 5.70. The Balaban J connectivity index is 1.73. The standard InChI is InChI=1S/C19H19N7S/c1-15(18-12-20-10-11-23-18)24-25-19(27)26(13-16-6-2-4-8-21-16)14-17-7-3-5-9-22-17/h2-12H,13-14H2,1H3,(H,25,27)/b24-15-. The van der Waals surface area contributed by atoms with E-state index in [1.165, 1.54) is 0 Å². The largest absolute Gasteiger partial charge is 0.336 e. The van der Waals surface area contributed by atoms with Crippen molar-refractivity contribution in [3.63, 3.8) is 0 Å². The molecule has 3 heterocycles. The van der Waals surface area contributed by atoms with Gasteiger partial charge in [0.1, 0.15) is 5.69 Å². The van der Waals surface area contributed by atoms with E-state index in [2.05, 4.69) is 30.5 Å². The Morgan fingerprint density at radius 3 is 2.15 bits per heavy atom. The number of hydrogen-bond acceptors (Lipinski definition) is 6. The summed E-state index contributed by atoms with van der Waals surface area (Å²) in [7, 11) is 0. The van der Waals surface area contributed by atoms with Crippen LogP contribution in [0.5, 0.6) is 0 Å². The van der Waals surface area contributed by atoms with Crippen molar-refractivity contribution in [2.75, 3.05) is 0 Å². The van der Waals surface area contributed by atoms with E-state index in [1.807, 2.05) is 48.2 Å². The van der Waals surface area contributed by atoms with Crippen LogP contribution in [0.15, 0.2) is 72.5 Å². The predicted molar refractivity (Wildman–Crippen MR) is 108 cm³/mol. The Morgan fingerprint density at radius 1 is 0.963 bits per heavy atom. The van der Waals surface area contributed by atoms with Crippen molar-refractivity contribution in [1.29, 1.82) is 0 Å². The number of hydrazone groups is 1. The Kier molecular flexibility index (Phi) is 6.48. The summed E-state index contributed by atoms with van der Waals surface area (Å²) in [6, 6.07) is 11.6. The predicted octanol–water partition coefficient (Wildman–Crippen LogP) is 2.57. The van der Waals surface area contributed by atoms with E-state index in [0.717, 1.165) is 11.4 Å². The highest BCUT2D eigenvalue weighted by Gasteiger charge is 2.12. The maximum Gasteiger partial charge on any atom is 0.190 e. The molecule has 7 nitrogen and oxygen atoms in total. The molecule has 3 aromatic heterocycles. The molecule has 3 aromatic rings. The van der Waals surface area contributed by atoms with Crippen LogP contribution in [0.3, 0.4) is 0 Å². The smallest absolute Gasteiger partial charge is 0.190 e. The minimum absolute atomic E-state index is 0.481. The molecular formula is C19H19N7S. The van der Waals surface area contributed by atoms with Gasteiger partial charge in [-0.05, 0) is 43.4 Å². The molecule has 3 rings (SSSR count). The molecule has 8 heteroatoms. The lowest BCUT2D eigenvalue weighted by Gasteiger charge is -2.24. The molecule has 0 bridgehead atoms. The van der Waals surface area contributed by atoms with E-state index in [-0.39, 0.29) is 0 Å². The van der Waals surface area contributed by atoms with Gasteiger partial charge in [-0.15, -0.1) is 0 Å². The van der Waals surface area contributed by atoms with Crippen molar-refractivity contribution in [2.45, 2.75) is 20.0 Å². The molecule has 27 heavy (non-hydrogen) atoms. The van der Waals surface area contributed by atoms with Crippen LogP contribution in [-0.4, -0.2) is 35.7 Å². The topological polar surface area (TPSA) is 79.2 Å². The normalized spacial score (nSPS) is 11.1. The number of hydrogen-bond donors (Lipinski definition) is 1. The molecule has 0 aliphatic heterocycles. The fourth-order valence-electron chi connectivity index (χ4n) is 2.32. The van der Waals surface area contributed by atoms with Crippen LogP contribution in [-0.2, 0) is 13.1 Å². The zero-order valence-electron chi connectivity index (χ0n) is 14.9. The highest BCUT2D eigenvalue weighted by Crippen LogP contribution is 2.07. The minimum Gasteiger partial charge on any atom is -0.336 e. The van der Waals surface area contributed by atoms with Gasteiger partial charge in [0.15, 0.2) is 5.11 Å². The zero-order valence-corrected chi connectivity index (χ0v) is 15.7. The quantitative estimate of drug-likeness (QED) is 0.402. The lowest BCUT2D eigenvalue weighted by molar-refractivity contribution is 0.390. The number of pyridine rings is 2. The van der Waals surface area contributed by atoms with Crippen LogP contribution in [0, 0.1) is 0 Å². The van der Waals surface area contributed by atoms with Crippen LogP contribution in [0.4, 0.5) is 0 Å². The lowest BCUT2D eigenvalue weighted by atomic mass is 10.3. The fraction of sp³-hybridized carbons (Fsp3) is 0.158.